The van der Waals surface area contributed by atoms with Gasteiger partial charge in [0.05, 0.1) is 6.54 Å². The number of carbonyl (C=O) groups excluding carboxylic acids is 3. The van der Waals surface area contributed by atoms with Crippen LogP contribution in [0.25, 0.3) is 0 Å². The fraction of sp³-hybridized carbons (Fsp3) is 0.571. The van der Waals surface area contributed by atoms with Crippen LogP contribution in [0.1, 0.15) is 45.1 Å². The Bertz CT molecular complexity index is 760. The number of likely N-dealkylation sites (N-methyl/N-ethyl adjacent to an activating group) is 1. The number of carbonyl (C=O) groups is 3. The van der Waals surface area contributed by atoms with Crippen LogP contribution >= 0.6 is 11.6 Å². The van der Waals surface area contributed by atoms with Crippen molar-refractivity contribution in [2.24, 2.45) is 5.92 Å². The molecule has 3 N–H and O–H groups in total. The predicted octanol–water partition coefficient (Wildman–Crippen LogP) is 1.32. The third kappa shape index (κ3) is 5.08. The first-order valence-corrected chi connectivity index (χ1v) is 10.7. The summed E-state index contributed by atoms with van der Waals surface area (Å²) in [6.45, 7) is 5.57. The number of halogens is 1. The van der Waals surface area contributed by atoms with Crippen LogP contribution in [0.2, 0.25) is 5.02 Å². The van der Waals surface area contributed by atoms with E-state index in [1.165, 1.54) is 4.90 Å². The van der Waals surface area contributed by atoms with Gasteiger partial charge in [0.2, 0.25) is 0 Å². The zero-order valence-electron chi connectivity index (χ0n) is 17.1. The maximum absolute atomic E-state index is 13.0. The lowest BCUT2D eigenvalue weighted by atomic mass is 9.77. The number of rotatable bonds is 7. The minimum absolute atomic E-state index is 0.120. The van der Waals surface area contributed by atoms with Crippen LogP contribution in [0.5, 0.6) is 0 Å². The number of benzene rings is 1. The SMILES string of the molecule is CC[NH+](CC(=O)NCc1ccc(Cl)cc1)CN1C(=O)NC2(CCC(C)CC2)C1=O. The van der Waals surface area contributed by atoms with Crippen molar-refractivity contribution in [1.29, 1.82) is 0 Å². The molecule has 1 saturated carbocycles. The number of amides is 4. The van der Waals surface area contributed by atoms with Crippen molar-refractivity contribution >= 4 is 29.4 Å². The lowest BCUT2D eigenvalue weighted by Gasteiger charge is -2.33. The van der Waals surface area contributed by atoms with Gasteiger partial charge in [-0.15, -0.1) is 0 Å². The van der Waals surface area contributed by atoms with Crippen molar-refractivity contribution in [3.63, 3.8) is 0 Å². The van der Waals surface area contributed by atoms with Crippen molar-refractivity contribution in [2.75, 3.05) is 19.8 Å². The van der Waals surface area contributed by atoms with Gasteiger partial charge in [0.1, 0.15) is 5.54 Å². The molecule has 0 aromatic heterocycles. The van der Waals surface area contributed by atoms with E-state index in [0.717, 1.165) is 23.3 Å². The maximum Gasteiger partial charge on any atom is 0.329 e. The fourth-order valence-corrected chi connectivity index (χ4v) is 4.15. The summed E-state index contributed by atoms with van der Waals surface area (Å²) in [6.07, 6.45) is 3.27. The van der Waals surface area contributed by atoms with Gasteiger partial charge in [-0.3, -0.25) is 9.59 Å². The Labute approximate surface area is 176 Å². The number of nitrogens with one attached hydrogen (secondary N) is 3. The van der Waals surface area contributed by atoms with Crippen LogP contribution in [0.4, 0.5) is 4.79 Å². The summed E-state index contributed by atoms with van der Waals surface area (Å²) in [4.78, 5) is 40.0. The molecule has 4 amide bonds. The van der Waals surface area contributed by atoms with E-state index in [4.69, 9.17) is 11.6 Å². The van der Waals surface area contributed by atoms with Gasteiger partial charge in [0.15, 0.2) is 13.2 Å². The summed E-state index contributed by atoms with van der Waals surface area (Å²) in [5, 5.41) is 6.47. The quantitative estimate of drug-likeness (QED) is 0.581. The molecule has 2 fully saturated rings. The third-order valence-electron chi connectivity index (χ3n) is 6.07. The molecule has 1 aromatic rings. The topological polar surface area (TPSA) is 82.9 Å². The summed E-state index contributed by atoms with van der Waals surface area (Å²) >= 11 is 5.87. The summed E-state index contributed by atoms with van der Waals surface area (Å²) in [5.41, 5.74) is 0.225. The molecule has 1 heterocycles. The highest BCUT2D eigenvalue weighted by Crippen LogP contribution is 2.35. The van der Waals surface area contributed by atoms with Gasteiger partial charge in [-0.05, 0) is 56.2 Å². The molecule has 1 saturated heterocycles. The first-order valence-electron chi connectivity index (χ1n) is 10.3. The maximum atomic E-state index is 13.0. The van der Waals surface area contributed by atoms with Crippen molar-refractivity contribution in [3.8, 4) is 0 Å². The number of nitrogens with zero attached hydrogens (tertiary/aromatic N) is 1. The highest BCUT2D eigenvalue weighted by atomic mass is 35.5. The van der Waals surface area contributed by atoms with E-state index in [9.17, 15) is 14.4 Å². The molecule has 3 rings (SSSR count). The molecule has 1 unspecified atom stereocenters. The Kier molecular flexibility index (Phi) is 6.80. The Morgan fingerprint density at radius 2 is 1.93 bits per heavy atom. The van der Waals surface area contributed by atoms with Gasteiger partial charge >= 0.3 is 6.03 Å². The zero-order valence-corrected chi connectivity index (χ0v) is 17.8. The van der Waals surface area contributed by atoms with Crippen molar-refractivity contribution in [3.05, 3.63) is 34.9 Å². The second-order valence-electron chi connectivity index (χ2n) is 8.27. The Hall–Kier alpha value is -2.12. The fourth-order valence-electron chi connectivity index (χ4n) is 4.02. The molecule has 29 heavy (non-hydrogen) atoms. The first kappa shape index (κ1) is 21.6. The second-order valence-corrected chi connectivity index (χ2v) is 8.71. The molecule has 8 heteroatoms. The Morgan fingerprint density at radius 1 is 1.28 bits per heavy atom. The minimum Gasteiger partial charge on any atom is -0.347 e. The van der Waals surface area contributed by atoms with Gasteiger partial charge in [0.25, 0.3) is 11.8 Å². The normalized spacial score (nSPS) is 25.2. The monoisotopic (exact) mass is 421 g/mol. The van der Waals surface area contributed by atoms with Gasteiger partial charge in [-0.25, -0.2) is 9.69 Å². The lowest BCUT2D eigenvalue weighted by molar-refractivity contribution is -0.897. The van der Waals surface area contributed by atoms with E-state index < -0.39 is 5.54 Å². The molecule has 1 aromatic carbocycles. The molecule has 7 nitrogen and oxygen atoms in total. The van der Waals surface area contributed by atoms with Gasteiger partial charge in [-0.1, -0.05) is 30.7 Å². The smallest absolute Gasteiger partial charge is 0.329 e. The highest BCUT2D eigenvalue weighted by Gasteiger charge is 2.52. The van der Waals surface area contributed by atoms with Crippen LogP contribution in [-0.2, 0) is 16.1 Å². The largest absolute Gasteiger partial charge is 0.347 e. The van der Waals surface area contributed by atoms with Gasteiger partial charge < -0.3 is 15.5 Å². The molecule has 158 valence electrons. The van der Waals surface area contributed by atoms with E-state index in [-0.39, 0.29) is 31.1 Å². The summed E-state index contributed by atoms with van der Waals surface area (Å²) in [5.74, 6) is 0.327. The molecule has 0 radical (unpaired) electrons. The Morgan fingerprint density at radius 3 is 2.55 bits per heavy atom. The van der Waals surface area contributed by atoms with Crippen LogP contribution < -0.4 is 15.5 Å². The molecule has 1 atom stereocenters. The average molecular weight is 422 g/mol. The number of hydrogen-bond donors (Lipinski definition) is 3. The molecular weight excluding hydrogens is 392 g/mol. The summed E-state index contributed by atoms with van der Waals surface area (Å²) < 4.78 is 0. The van der Waals surface area contributed by atoms with Crippen LogP contribution in [0.3, 0.4) is 0 Å². The number of urea groups is 1. The van der Waals surface area contributed by atoms with Crippen molar-refractivity contribution in [1.82, 2.24) is 15.5 Å². The Balaban J connectivity index is 1.53. The third-order valence-corrected chi connectivity index (χ3v) is 6.32. The highest BCUT2D eigenvalue weighted by molar-refractivity contribution is 6.30. The average Bonchev–Trinajstić information content (AvgIpc) is 2.93. The summed E-state index contributed by atoms with van der Waals surface area (Å²) in [6, 6.07) is 6.96. The van der Waals surface area contributed by atoms with Crippen molar-refractivity contribution < 1.29 is 19.3 Å². The van der Waals surface area contributed by atoms with E-state index in [0.29, 0.717) is 36.9 Å². The van der Waals surface area contributed by atoms with Gasteiger partial charge in [-0.2, -0.15) is 0 Å². The van der Waals surface area contributed by atoms with E-state index in [1.54, 1.807) is 12.1 Å². The molecular formula is C21H30ClN4O3+. The van der Waals surface area contributed by atoms with Gasteiger partial charge in [0, 0.05) is 11.6 Å². The summed E-state index contributed by atoms with van der Waals surface area (Å²) in [7, 11) is 0. The molecule has 0 bridgehead atoms. The number of imide groups is 1. The zero-order chi connectivity index (χ0) is 21.0. The predicted molar refractivity (Wildman–Crippen MR) is 110 cm³/mol. The second kappa shape index (κ2) is 9.13. The standard InChI is InChI=1S/C21H29ClN4O3/c1-3-25(13-18(27)23-12-16-4-6-17(22)7-5-16)14-26-19(28)21(24-20(26)29)10-8-15(2)9-11-21/h4-7,15H,3,8-14H2,1-2H3,(H,23,27)(H,24,29)/p+1. The number of hydrogen-bond acceptors (Lipinski definition) is 3. The molecule has 1 aliphatic carbocycles. The van der Waals surface area contributed by atoms with Crippen molar-refractivity contribution in [2.45, 2.75) is 51.6 Å². The lowest BCUT2D eigenvalue weighted by Crippen LogP contribution is -3.14. The van der Waals surface area contributed by atoms with Crippen LogP contribution in [0.15, 0.2) is 24.3 Å². The molecule has 1 spiro atoms. The molecule has 2 aliphatic rings. The van der Waals surface area contributed by atoms with Crippen LogP contribution in [-0.4, -0.2) is 48.0 Å². The van der Waals surface area contributed by atoms with E-state index >= 15 is 0 Å². The van der Waals surface area contributed by atoms with E-state index in [2.05, 4.69) is 17.6 Å². The van der Waals surface area contributed by atoms with Crippen LogP contribution in [0, 0.1) is 5.92 Å². The molecule has 1 aliphatic heterocycles. The van der Waals surface area contributed by atoms with E-state index in [1.807, 2.05) is 19.1 Å². The number of quaternary nitrogens is 1. The first-order chi connectivity index (χ1) is 13.8. The minimum atomic E-state index is -0.737.